The lowest BCUT2D eigenvalue weighted by molar-refractivity contribution is -0.119. The number of carbonyl (C=O) groups excluding carboxylic acids is 3. The maximum Gasteiger partial charge on any atom is 0.412 e. The van der Waals surface area contributed by atoms with Crippen LogP contribution in [0.15, 0.2) is 12.1 Å². The van der Waals surface area contributed by atoms with Crippen molar-refractivity contribution in [2.24, 2.45) is 0 Å². The standard InChI is InChI=1S/C18H22N2O5/c1-17(2,3)25-16(23)19-11-8-10(14(21)24-5)9-12-13(11)18(6-7-18)15(22)20(12)4/h8-9H,6-7H2,1-5H3,(H,19,23). The molecule has 1 aromatic carbocycles. The van der Waals surface area contributed by atoms with E-state index in [2.05, 4.69) is 5.32 Å². The molecule has 2 amide bonds. The minimum Gasteiger partial charge on any atom is -0.465 e. The Kier molecular flexibility index (Phi) is 3.78. The van der Waals surface area contributed by atoms with Gasteiger partial charge in [-0.2, -0.15) is 0 Å². The third-order valence-electron chi connectivity index (χ3n) is 4.48. The summed E-state index contributed by atoms with van der Waals surface area (Å²) in [4.78, 5) is 38.4. The molecule has 0 radical (unpaired) electrons. The molecule has 1 heterocycles. The molecule has 0 saturated heterocycles. The van der Waals surface area contributed by atoms with Crippen molar-refractivity contribution in [2.75, 3.05) is 24.4 Å². The number of methoxy groups -OCH3 is 1. The lowest BCUT2D eigenvalue weighted by Gasteiger charge is -2.21. The minimum absolute atomic E-state index is 0.0169. The lowest BCUT2D eigenvalue weighted by Crippen LogP contribution is -2.29. The van der Waals surface area contributed by atoms with E-state index in [0.29, 0.717) is 11.4 Å². The van der Waals surface area contributed by atoms with Gasteiger partial charge in [-0.1, -0.05) is 0 Å². The highest BCUT2D eigenvalue weighted by Crippen LogP contribution is 2.59. The first-order chi connectivity index (χ1) is 11.6. The average Bonchev–Trinajstić information content (AvgIpc) is 3.27. The van der Waals surface area contributed by atoms with Crippen LogP contribution in [0.4, 0.5) is 16.2 Å². The fourth-order valence-corrected chi connectivity index (χ4v) is 3.27. The van der Waals surface area contributed by atoms with E-state index >= 15 is 0 Å². The predicted molar refractivity (Wildman–Crippen MR) is 92.0 cm³/mol. The van der Waals surface area contributed by atoms with Crippen LogP contribution < -0.4 is 10.2 Å². The Bertz CT molecular complexity index is 774. The first-order valence-corrected chi connectivity index (χ1v) is 8.14. The number of likely N-dealkylation sites (N-methyl/N-ethyl adjacent to an activating group) is 1. The number of carbonyl (C=O) groups is 3. The first kappa shape index (κ1) is 17.3. The van der Waals surface area contributed by atoms with Gasteiger partial charge in [0, 0.05) is 12.6 Å². The Morgan fingerprint density at radius 2 is 1.88 bits per heavy atom. The first-order valence-electron chi connectivity index (χ1n) is 8.14. The Morgan fingerprint density at radius 1 is 1.24 bits per heavy atom. The number of rotatable bonds is 2. The molecule has 1 aliphatic carbocycles. The highest BCUT2D eigenvalue weighted by Gasteiger charge is 2.59. The summed E-state index contributed by atoms with van der Waals surface area (Å²) in [6, 6.07) is 3.17. The molecule has 0 bridgehead atoms. The van der Waals surface area contributed by atoms with Crippen LogP contribution in [-0.4, -0.2) is 37.7 Å². The van der Waals surface area contributed by atoms with Crippen LogP contribution in [0.3, 0.4) is 0 Å². The molecular formula is C18H22N2O5. The van der Waals surface area contributed by atoms with Crippen molar-refractivity contribution in [3.8, 4) is 0 Å². The number of anilines is 2. The number of fused-ring (bicyclic) bond motifs is 2. The molecule has 1 aromatic rings. The van der Waals surface area contributed by atoms with Crippen molar-refractivity contribution < 1.29 is 23.9 Å². The summed E-state index contributed by atoms with van der Waals surface area (Å²) in [6.45, 7) is 5.30. The van der Waals surface area contributed by atoms with Crippen LogP contribution in [0.2, 0.25) is 0 Å². The monoisotopic (exact) mass is 346 g/mol. The molecule has 3 rings (SSSR count). The Labute approximate surface area is 146 Å². The van der Waals surface area contributed by atoms with E-state index in [9.17, 15) is 14.4 Å². The van der Waals surface area contributed by atoms with Gasteiger partial charge in [0.1, 0.15) is 5.60 Å². The number of amides is 2. The van der Waals surface area contributed by atoms with Gasteiger partial charge in [0.2, 0.25) is 5.91 Å². The van der Waals surface area contributed by atoms with E-state index in [1.807, 2.05) is 0 Å². The van der Waals surface area contributed by atoms with E-state index in [1.165, 1.54) is 12.0 Å². The van der Waals surface area contributed by atoms with E-state index < -0.39 is 23.1 Å². The van der Waals surface area contributed by atoms with Gasteiger partial charge in [-0.15, -0.1) is 0 Å². The zero-order chi connectivity index (χ0) is 18.6. The summed E-state index contributed by atoms with van der Waals surface area (Å²) in [5.41, 5.74) is 0.808. The number of ether oxygens (including phenoxy) is 2. The molecule has 25 heavy (non-hydrogen) atoms. The predicted octanol–water partition coefficient (Wildman–Crippen LogP) is 2.83. The summed E-state index contributed by atoms with van der Waals surface area (Å²) in [5, 5.41) is 2.71. The number of nitrogens with zero attached hydrogens (tertiary/aromatic N) is 1. The molecule has 7 heteroatoms. The average molecular weight is 346 g/mol. The topological polar surface area (TPSA) is 84.9 Å². The molecule has 1 fully saturated rings. The number of hydrogen-bond acceptors (Lipinski definition) is 5. The van der Waals surface area contributed by atoms with Gasteiger partial charge in [0.05, 0.1) is 29.5 Å². The van der Waals surface area contributed by atoms with Crippen LogP contribution in [0.25, 0.3) is 0 Å². The Hall–Kier alpha value is -2.57. The lowest BCUT2D eigenvalue weighted by atomic mass is 9.94. The highest BCUT2D eigenvalue weighted by atomic mass is 16.6. The summed E-state index contributed by atoms with van der Waals surface area (Å²) >= 11 is 0. The second-order valence-corrected chi connectivity index (χ2v) is 7.48. The molecule has 0 aromatic heterocycles. The second-order valence-electron chi connectivity index (χ2n) is 7.48. The normalized spacial score (nSPS) is 17.3. The zero-order valence-electron chi connectivity index (χ0n) is 15.1. The van der Waals surface area contributed by atoms with Gasteiger partial charge in [-0.25, -0.2) is 9.59 Å². The molecule has 0 atom stereocenters. The van der Waals surface area contributed by atoms with Crippen LogP contribution in [0.5, 0.6) is 0 Å². The smallest absolute Gasteiger partial charge is 0.412 e. The van der Waals surface area contributed by atoms with Crippen molar-refractivity contribution in [1.29, 1.82) is 0 Å². The van der Waals surface area contributed by atoms with Gasteiger partial charge >= 0.3 is 12.1 Å². The fourth-order valence-electron chi connectivity index (χ4n) is 3.27. The highest BCUT2D eigenvalue weighted by molar-refractivity contribution is 6.13. The number of hydrogen-bond donors (Lipinski definition) is 1. The fraction of sp³-hybridized carbons (Fsp3) is 0.500. The molecule has 2 aliphatic rings. The van der Waals surface area contributed by atoms with E-state index in [-0.39, 0.29) is 11.5 Å². The van der Waals surface area contributed by atoms with Crippen molar-refractivity contribution >= 4 is 29.3 Å². The van der Waals surface area contributed by atoms with Gasteiger partial charge in [0.15, 0.2) is 0 Å². The van der Waals surface area contributed by atoms with Gasteiger partial charge in [-0.05, 0) is 45.7 Å². The van der Waals surface area contributed by atoms with E-state index in [4.69, 9.17) is 9.47 Å². The molecule has 0 unspecified atom stereocenters. The molecule has 134 valence electrons. The quantitative estimate of drug-likeness (QED) is 0.832. The number of benzene rings is 1. The maximum atomic E-state index is 12.6. The zero-order valence-corrected chi connectivity index (χ0v) is 15.1. The molecule has 1 N–H and O–H groups in total. The number of nitrogens with one attached hydrogen (secondary N) is 1. The van der Waals surface area contributed by atoms with E-state index in [1.54, 1.807) is 40.0 Å². The maximum absolute atomic E-state index is 12.6. The van der Waals surface area contributed by atoms with Crippen molar-refractivity contribution in [1.82, 2.24) is 0 Å². The van der Waals surface area contributed by atoms with Crippen molar-refractivity contribution in [3.63, 3.8) is 0 Å². The second kappa shape index (κ2) is 5.47. The van der Waals surface area contributed by atoms with Gasteiger partial charge in [-0.3, -0.25) is 10.1 Å². The van der Waals surface area contributed by atoms with Gasteiger partial charge in [0.25, 0.3) is 0 Å². The SMILES string of the molecule is COC(=O)c1cc(NC(=O)OC(C)(C)C)c2c(c1)N(C)C(=O)C21CC1. The molecular weight excluding hydrogens is 324 g/mol. The largest absolute Gasteiger partial charge is 0.465 e. The van der Waals surface area contributed by atoms with Crippen LogP contribution in [0.1, 0.15) is 49.5 Å². The summed E-state index contributed by atoms with van der Waals surface area (Å²) in [7, 11) is 2.96. The molecule has 1 spiro atoms. The third kappa shape index (κ3) is 2.83. The summed E-state index contributed by atoms with van der Waals surface area (Å²) < 4.78 is 10.1. The molecule has 7 nitrogen and oxygen atoms in total. The van der Waals surface area contributed by atoms with Gasteiger partial charge < -0.3 is 14.4 Å². The minimum atomic E-state index is -0.656. The Balaban J connectivity index is 2.06. The molecule has 1 saturated carbocycles. The van der Waals surface area contributed by atoms with E-state index in [0.717, 1.165) is 18.4 Å². The van der Waals surface area contributed by atoms with Crippen LogP contribution in [0, 0.1) is 0 Å². The number of esters is 1. The summed E-state index contributed by atoms with van der Waals surface area (Å²) in [6.07, 6.45) is 0.822. The molecule has 1 aliphatic heterocycles. The van der Waals surface area contributed by atoms with Crippen molar-refractivity contribution in [3.05, 3.63) is 23.3 Å². The van der Waals surface area contributed by atoms with Crippen LogP contribution >= 0.6 is 0 Å². The van der Waals surface area contributed by atoms with Crippen LogP contribution in [-0.2, 0) is 19.7 Å². The third-order valence-corrected chi connectivity index (χ3v) is 4.48. The Morgan fingerprint density at radius 3 is 2.40 bits per heavy atom. The summed E-state index contributed by atoms with van der Waals surface area (Å²) in [5.74, 6) is -0.551. The van der Waals surface area contributed by atoms with Crippen molar-refractivity contribution in [2.45, 2.75) is 44.6 Å².